The Morgan fingerprint density at radius 3 is 2.38 bits per heavy atom. The minimum atomic E-state index is -4.11. The summed E-state index contributed by atoms with van der Waals surface area (Å²) in [6, 6.07) is 9.11. The van der Waals surface area contributed by atoms with E-state index in [2.05, 4.69) is 9.71 Å². The van der Waals surface area contributed by atoms with Crippen molar-refractivity contribution in [3.63, 3.8) is 0 Å². The van der Waals surface area contributed by atoms with E-state index in [0.29, 0.717) is 11.4 Å². The first kappa shape index (κ1) is 18.8. The summed E-state index contributed by atoms with van der Waals surface area (Å²) in [5.74, 6) is -0.0981. The number of nitrogens with zero attached hydrogens (tertiary/aromatic N) is 2. The van der Waals surface area contributed by atoms with E-state index in [4.69, 9.17) is 23.2 Å². The molecule has 1 heterocycles. The molecule has 0 aliphatic carbocycles. The van der Waals surface area contributed by atoms with E-state index >= 15 is 0 Å². The van der Waals surface area contributed by atoms with Crippen LogP contribution in [-0.2, 0) is 17.1 Å². The van der Waals surface area contributed by atoms with Gasteiger partial charge < -0.3 is 4.57 Å². The van der Waals surface area contributed by atoms with Gasteiger partial charge in [-0.1, -0.05) is 41.4 Å². The Bertz CT molecular complexity index is 1030. The second-order valence-electron chi connectivity index (χ2n) is 5.56. The van der Waals surface area contributed by atoms with Crippen molar-refractivity contribution in [2.24, 2.45) is 7.05 Å². The van der Waals surface area contributed by atoms with Crippen LogP contribution < -0.4 is 4.72 Å². The zero-order valence-corrected chi connectivity index (χ0v) is 15.9. The van der Waals surface area contributed by atoms with Crippen molar-refractivity contribution in [2.45, 2.75) is 10.9 Å². The lowest BCUT2D eigenvalue weighted by atomic mass is 10.1. The lowest BCUT2D eigenvalue weighted by Gasteiger charge is -2.20. The Morgan fingerprint density at radius 2 is 1.81 bits per heavy atom. The molecule has 26 heavy (non-hydrogen) atoms. The molecule has 0 radical (unpaired) electrons. The van der Waals surface area contributed by atoms with Crippen LogP contribution >= 0.6 is 23.2 Å². The molecule has 9 heteroatoms. The Morgan fingerprint density at radius 1 is 1.15 bits per heavy atom. The van der Waals surface area contributed by atoms with E-state index in [-0.39, 0.29) is 14.9 Å². The van der Waals surface area contributed by atoms with Crippen LogP contribution in [0.1, 0.15) is 17.4 Å². The summed E-state index contributed by atoms with van der Waals surface area (Å²) in [6.07, 6.45) is 3.19. The number of aromatic nitrogens is 2. The molecular weight excluding hydrogens is 400 g/mol. The first-order chi connectivity index (χ1) is 12.3. The summed E-state index contributed by atoms with van der Waals surface area (Å²) in [6.45, 7) is 0. The molecule has 0 fully saturated rings. The smallest absolute Gasteiger partial charge is 0.244 e. The molecule has 5 nitrogen and oxygen atoms in total. The fraction of sp³-hybridized carbons (Fsp3) is 0.118. The van der Waals surface area contributed by atoms with Crippen molar-refractivity contribution in [3.05, 3.63) is 82.1 Å². The second-order valence-corrected chi connectivity index (χ2v) is 8.02. The number of aryl methyl sites for hydroxylation is 1. The van der Waals surface area contributed by atoms with E-state index in [1.165, 1.54) is 36.5 Å². The summed E-state index contributed by atoms with van der Waals surface area (Å²) >= 11 is 12.1. The van der Waals surface area contributed by atoms with E-state index in [1.807, 2.05) is 0 Å². The van der Waals surface area contributed by atoms with Crippen molar-refractivity contribution in [1.82, 2.24) is 14.3 Å². The molecule has 3 rings (SSSR count). The fourth-order valence-corrected chi connectivity index (χ4v) is 4.89. The number of benzene rings is 2. The van der Waals surface area contributed by atoms with Crippen LogP contribution in [-0.4, -0.2) is 18.0 Å². The molecule has 0 bridgehead atoms. The van der Waals surface area contributed by atoms with Crippen LogP contribution in [0.15, 0.2) is 59.8 Å². The van der Waals surface area contributed by atoms with Crippen molar-refractivity contribution in [1.29, 1.82) is 0 Å². The molecule has 1 atom stereocenters. The SMILES string of the molecule is Cn1ccnc1C(NS(=O)(=O)c1c(Cl)cccc1Cl)c1cccc(F)c1. The van der Waals surface area contributed by atoms with Crippen molar-refractivity contribution in [2.75, 3.05) is 0 Å². The summed E-state index contributed by atoms with van der Waals surface area (Å²) in [7, 11) is -2.40. The maximum absolute atomic E-state index is 13.7. The van der Waals surface area contributed by atoms with Crippen molar-refractivity contribution >= 4 is 33.2 Å². The Balaban J connectivity index is 2.11. The normalized spacial score (nSPS) is 12.9. The number of rotatable bonds is 5. The van der Waals surface area contributed by atoms with Gasteiger partial charge in [0.15, 0.2) is 0 Å². The minimum absolute atomic E-state index is 0.0113. The van der Waals surface area contributed by atoms with E-state index in [0.717, 1.165) is 0 Å². The molecule has 0 amide bonds. The average Bonchev–Trinajstić information content (AvgIpc) is 2.98. The highest BCUT2D eigenvalue weighted by Gasteiger charge is 2.29. The fourth-order valence-electron chi connectivity index (χ4n) is 2.56. The first-order valence-electron chi connectivity index (χ1n) is 7.48. The number of hydrogen-bond acceptors (Lipinski definition) is 3. The number of sulfonamides is 1. The largest absolute Gasteiger partial charge is 0.336 e. The Hall–Kier alpha value is -1.93. The quantitative estimate of drug-likeness (QED) is 0.688. The summed E-state index contributed by atoms with van der Waals surface area (Å²) < 4.78 is 43.8. The third kappa shape index (κ3) is 3.76. The maximum atomic E-state index is 13.7. The zero-order valence-electron chi connectivity index (χ0n) is 13.5. The standard InChI is InChI=1S/C17H14Cl2FN3O2S/c1-23-9-8-21-17(23)15(11-4-2-5-12(20)10-11)22-26(24,25)16-13(18)6-3-7-14(16)19/h2-10,15,22H,1H3. The summed E-state index contributed by atoms with van der Waals surface area (Å²) in [5, 5.41) is -0.0225. The van der Waals surface area contributed by atoms with Crippen LogP contribution in [0.5, 0.6) is 0 Å². The molecule has 1 aromatic heterocycles. The molecule has 0 saturated carbocycles. The maximum Gasteiger partial charge on any atom is 0.244 e. The van der Waals surface area contributed by atoms with Crippen LogP contribution in [0.2, 0.25) is 10.0 Å². The third-order valence-corrected chi connectivity index (χ3v) is 6.14. The van der Waals surface area contributed by atoms with Crippen molar-refractivity contribution < 1.29 is 12.8 Å². The lowest BCUT2D eigenvalue weighted by molar-refractivity contribution is 0.560. The zero-order chi connectivity index (χ0) is 18.9. The van der Waals surface area contributed by atoms with Crippen LogP contribution in [0.4, 0.5) is 4.39 Å². The van der Waals surface area contributed by atoms with Crippen LogP contribution in [0.25, 0.3) is 0 Å². The highest BCUT2D eigenvalue weighted by atomic mass is 35.5. The van der Waals surface area contributed by atoms with E-state index in [9.17, 15) is 12.8 Å². The highest BCUT2D eigenvalue weighted by molar-refractivity contribution is 7.89. The Kier molecular flexibility index (Phi) is 5.34. The Labute approximate surface area is 160 Å². The molecule has 1 N–H and O–H groups in total. The average molecular weight is 414 g/mol. The van der Waals surface area contributed by atoms with Gasteiger partial charge in [-0.15, -0.1) is 0 Å². The van der Waals surface area contributed by atoms with Gasteiger partial charge in [0.2, 0.25) is 10.0 Å². The minimum Gasteiger partial charge on any atom is -0.336 e. The van der Waals surface area contributed by atoms with E-state index < -0.39 is 21.9 Å². The molecule has 1 unspecified atom stereocenters. The molecular formula is C17H14Cl2FN3O2S. The van der Waals surface area contributed by atoms with Crippen molar-refractivity contribution in [3.8, 4) is 0 Å². The molecule has 0 aliphatic heterocycles. The van der Waals surface area contributed by atoms with Crippen LogP contribution in [0, 0.1) is 5.82 Å². The van der Waals surface area contributed by atoms with Gasteiger partial charge >= 0.3 is 0 Å². The van der Waals surface area contributed by atoms with Gasteiger partial charge in [-0.2, -0.15) is 4.72 Å². The molecule has 0 saturated heterocycles. The third-order valence-electron chi connectivity index (χ3n) is 3.76. The van der Waals surface area contributed by atoms with Gasteiger partial charge in [-0.05, 0) is 29.8 Å². The summed E-state index contributed by atoms with van der Waals surface area (Å²) in [4.78, 5) is 3.96. The predicted octanol–water partition coefficient (Wildman–Crippen LogP) is 3.93. The van der Waals surface area contributed by atoms with E-state index in [1.54, 1.807) is 29.9 Å². The highest BCUT2D eigenvalue weighted by Crippen LogP contribution is 2.31. The van der Waals surface area contributed by atoms with Gasteiger partial charge in [0.25, 0.3) is 0 Å². The number of imidazole rings is 1. The van der Waals surface area contributed by atoms with Crippen LogP contribution in [0.3, 0.4) is 0 Å². The monoisotopic (exact) mass is 413 g/mol. The van der Waals surface area contributed by atoms with Gasteiger partial charge in [-0.3, -0.25) is 0 Å². The molecule has 2 aromatic carbocycles. The molecule has 136 valence electrons. The number of hydrogen-bond donors (Lipinski definition) is 1. The summed E-state index contributed by atoms with van der Waals surface area (Å²) in [5.41, 5.74) is 0.394. The number of nitrogens with one attached hydrogen (secondary N) is 1. The predicted molar refractivity (Wildman–Crippen MR) is 98.2 cm³/mol. The first-order valence-corrected chi connectivity index (χ1v) is 9.72. The molecule has 0 spiro atoms. The molecule has 3 aromatic rings. The number of halogens is 3. The van der Waals surface area contributed by atoms with Gasteiger partial charge in [0.05, 0.1) is 10.0 Å². The second kappa shape index (κ2) is 7.36. The topological polar surface area (TPSA) is 64.0 Å². The van der Waals surface area contributed by atoms with Gasteiger partial charge in [-0.25, -0.2) is 17.8 Å². The van der Waals surface area contributed by atoms with Gasteiger partial charge in [0.1, 0.15) is 22.6 Å². The van der Waals surface area contributed by atoms with Gasteiger partial charge in [0, 0.05) is 19.4 Å². The lowest BCUT2D eigenvalue weighted by Crippen LogP contribution is -2.31. The molecule has 0 aliphatic rings.